The number of esters is 1. The smallest absolute Gasteiger partial charge is 0.306 e. The fourth-order valence-electron chi connectivity index (χ4n) is 8.11. The van der Waals surface area contributed by atoms with Crippen LogP contribution in [0.15, 0.2) is 97.2 Å². The molecule has 0 saturated carbocycles. The molecule has 1 rings (SSSR count). The fraction of sp³-hybridized carbons (Fsp3) is 0.721. The highest BCUT2D eigenvalue weighted by Gasteiger charge is 2.44. The molecular formula is C61H104O9. The lowest BCUT2D eigenvalue weighted by atomic mass is 9.99. The third kappa shape index (κ3) is 40.7. The zero-order chi connectivity index (χ0) is 50.6. The lowest BCUT2D eigenvalue weighted by Crippen LogP contribution is -2.59. The molecule has 9 nitrogen and oxygen atoms in total. The summed E-state index contributed by atoms with van der Waals surface area (Å²) in [4.78, 5) is 12.9. The van der Waals surface area contributed by atoms with E-state index in [9.17, 15) is 25.2 Å². The third-order valence-corrected chi connectivity index (χ3v) is 12.5. The van der Waals surface area contributed by atoms with Crippen LogP contribution in [0.2, 0.25) is 0 Å². The standard InChI is InChI=1S/C61H104O9/c1-3-5-7-9-11-13-15-17-19-21-23-25-27-28-29-30-32-34-36-38-40-42-44-46-48-50-57(63)69-55(54-68-61-60(66)59(65)58(64)56(52-62)70-61)53-67-51-49-47-45-43-41-39-37-35-33-31-26-24-22-20-18-16-14-12-10-8-6-4-2/h6,8,12,14-15,17-18,20-21,23-24,26-28,33,35,55-56,58-62,64-66H,3-5,7,9-11,13,16,19,22,25,29-32,34,36-54H2,1-2H3/b8-6-,14-12-,17-15-,20-18-,23-21-,26-24-,28-27-,35-33-. The van der Waals surface area contributed by atoms with Crippen LogP contribution >= 0.6 is 0 Å². The predicted octanol–water partition coefficient (Wildman–Crippen LogP) is 14.7. The number of ether oxygens (including phenoxy) is 4. The largest absolute Gasteiger partial charge is 0.457 e. The summed E-state index contributed by atoms with van der Waals surface area (Å²) in [5.41, 5.74) is 0. The maximum atomic E-state index is 12.9. The van der Waals surface area contributed by atoms with Crippen molar-refractivity contribution >= 4 is 5.97 Å². The van der Waals surface area contributed by atoms with Crippen LogP contribution in [0, 0.1) is 0 Å². The van der Waals surface area contributed by atoms with Gasteiger partial charge in [-0.2, -0.15) is 0 Å². The highest BCUT2D eigenvalue weighted by molar-refractivity contribution is 5.69. The first-order valence-corrected chi connectivity index (χ1v) is 28.3. The van der Waals surface area contributed by atoms with Crippen LogP contribution in [0.4, 0.5) is 0 Å². The predicted molar refractivity (Wildman–Crippen MR) is 293 cm³/mol. The van der Waals surface area contributed by atoms with E-state index in [1.165, 1.54) is 109 Å². The molecular weight excluding hydrogens is 877 g/mol. The second kappa shape index (κ2) is 51.0. The van der Waals surface area contributed by atoms with Gasteiger partial charge in [0.25, 0.3) is 0 Å². The molecule has 6 atom stereocenters. The molecule has 0 amide bonds. The Morgan fingerprint density at radius 2 is 0.871 bits per heavy atom. The van der Waals surface area contributed by atoms with Crippen molar-refractivity contribution in [1.82, 2.24) is 0 Å². The Morgan fingerprint density at radius 1 is 0.471 bits per heavy atom. The Morgan fingerprint density at radius 3 is 1.31 bits per heavy atom. The molecule has 1 saturated heterocycles. The van der Waals surface area contributed by atoms with E-state index in [0.717, 1.165) is 89.9 Å². The van der Waals surface area contributed by atoms with Crippen molar-refractivity contribution < 1.29 is 44.2 Å². The molecule has 9 heteroatoms. The van der Waals surface area contributed by atoms with Gasteiger partial charge in [-0.1, -0.05) is 214 Å². The van der Waals surface area contributed by atoms with E-state index in [0.29, 0.717) is 13.0 Å². The van der Waals surface area contributed by atoms with Crippen molar-refractivity contribution in [2.75, 3.05) is 26.4 Å². The van der Waals surface area contributed by atoms with Crippen molar-refractivity contribution in [3.63, 3.8) is 0 Å². The van der Waals surface area contributed by atoms with Gasteiger partial charge >= 0.3 is 5.97 Å². The quantitative estimate of drug-likeness (QED) is 0.0267. The average Bonchev–Trinajstić information content (AvgIpc) is 3.36. The van der Waals surface area contributed by atoms with Crippen molar-refractivity contribution in [3.05, 3.63) is 97.2 Å². The van der Waals surface area contributed by atoms with E-state index >= 15 is 0 Å². The van der Waals surface area contributed by atoms with Crippen LogP contribution in [0.25, 0.3) is 0 Å². The molecule has 0 aliphatic carbocycles. The van der Waals surface area contributed by atoms with Crippen LogP contribution < -0.4 is 0 Å². The van der Waals surface area contributed by atoms with Gasteiger partial charge < -0.3 is 39.4 Å². The number of aliphatic hydroxyl groups excluding tert-OH is 4. The molecule has 0 aromatic carbocycles. The molecule has 402 valence electrons. The Balaban J connectivity index is 2.20. The van der Waals surface area contributed by atoms with E-state index in [1.807, 2.05) is 0 Å². The normalized spacial score (nSPS) is 19.7. The molecule has 0 aromatic rings. The summed E-state index contributed by atoms with van der Waals surface area (Å²) >= 11 is 0. The highest BCUT2D eigenvalue weighted by atomic mass is 16.7. The Hall–Kier alpha value is -2.89. The topological polar surface area (TPSA) is 135 Å². The van der Waals surface area contributed by atoms with Crippen molar-refractivity contribution in [2.45, 2.75) is 256 Å². The van der Waals surface area contributed by atoms with E-state index < -0.39 is 43.4 Å². The molecule has 0 bridgehead atoms. The van der Waals surface area contributed by atoms with E-state index in [-0.39, 0.29) is 19.2 Å². The molecule has 0 aromatic heterocycles. The van der Waals surface area contributed by atoms with Crippen molar-refractivity contribution in [3.8, 4) is 0 Å². The number of carbonyl (C=O) groups is 1. The second-order valence-corrected chi connectivity index (χ2v) is 19.0. The van der Waals surface area contributed by atoms with Crippen LogP contribution in [-0.4, -0.2) is 89.6 Å². The Bertz CT molecular complexity index is 1390. The minimum Gasteiger partial charge on any atom is -0.457 e. The van der Waals surface area contributed by atoms with Gasteiger partial charge in [0.15, 0.2) is 6.29 Å². The van der Waals surface area contributed by atoms with Crippen LogP contribution in [0.3, 0.4) is 0 Å². The highest BCUT2D eigenvalue weighted by Crippen LogP contribution is 2.23. The minimum atomic E-state index is -1.55. The lowest BCUT2D eigenvalue weighted by molar-refractivity contribution is -0.305. The number of aliphatic hydroxyl groups is 4. The zero-order valence-corrected chi connectivity index (χ0v) is 44.5. The van der Waals surface area contributed by atoms with Crippen molar-refractivity contribution in [1.29, 1.82) is 0 Å². The first-order valence-electron chi connectivity index (χ1n) is 28.3. The Kier molecular flexibility index (Phi) is 47.5. The number of rotatable bonds is 48. The van der Waals surface area contributed by atoms with Gasteiger partial charge in [0.05, 0.1) is 19.8 Å². The first-order chi connectivity index (χ1) is 34.4. The molecule has 6 unspecified atom stereocenters. The fourth-order valence-corrected chi connectivity index (χ4v) is 8.11. The summed E-state index contributed by atoms with van der Waals surface area (Å²) < 4.78 is 22.9. The van der Waals surface area contributed by atoms with Gasteiger partial charge in [-0.25, -0.2) is 0 Å². The molecule has 1 aliphatic heterocycles. The lowest BCUT2D eigenvalue weighted by Gasteiger charge is -2.39. The van der Waals surface area contributed by atoms with Gasteiger partial charge in [0, 0.05) is 13.0 Å². The summed E-state index contributed by atoms with van der Waals surface area (Å²) in [6.45, 7) is 4.40. The second-order valence-electron chi connectivity index (χ2n) is 19.0. The third-order valence-electron chi connectivity index (χ3n) is 12.5. The van der Waals surface area contributed by atoms with Crippen molar-refractivity contribution in [2.24, 2.45) is 0 Å². The molecule has 1 aliphatic rings. The van der Waals surface area contributed by atoms with Crippen LogP contribution in [0.5, 0.6) is 0 Å². The molecule has 70 heavy (non-hydrogen) atoms. The van der Waals surface area contributed by atoms with E-state index in [4.69, 9.17) is 18.9 Å². The van der Waals surface area contributed by atoms with Crippen LogP contribution in [-0.2, 0) is 23.7 Å². The summed E-state index contributed by atoms with van der Waals surface area (Å²) in [7, 11) is 0. The molecule has 4 N–H and O–H groups in total. The summed E-state index contributed by atoms with van der Waals surface area (Å²) in [5, 5.41) is 40.3. The van der Waals surface area contributed by atoms with E-state index in [2.05, 4.69) is 111 Å². The average molecular weight is 981 g/mol. The maximum absolute atomic E-state index is 12.9. The number of hydrogen-bond acceptors (Lipinski definition) is 9. The molecule has 1 heterocycles. The number of carbonyl (C=O) groups excluding carboxylic acids is 1. The molecule has 0 radical (unpaired) electrons. The monoisotopic (exact) mass is 981 g/mol. The van der Waals surface area contributed by atoms with E-state index in [1.54, 1.807) is 0 Å². The maximum Gasteiger partial charge on any atom is 0.306 e. The number of allylic oxidation sites excluding steroid dienone is 16. The Labute approximate surface area is 428 Å². The van der Waals surface area contributed by atoms with Crippen LogP contribution in [0.1, 0.15) is 219 Å². The summed E-state index contributed by atoms with van der Waals surface area (Å²) in [6, 6.07) is 0. The van der Waals surface area contributed by atoms with Gasteiger partial charge in [-0.3, -0.25) is 4.79 Å². The number of unbranched alkanes of at least 4 members (excludes halogenated alkanes) is 21. The van der Waals surface area contributed by atoms with Gasteiger partial charge in [-0.05, 0) is 96.3 Å². The summed E-state index contributed by atoms with van der Waals surface area (Å²) in [6.07, 6.45) is 64.4. The first kappa shape index (κ1) is 65.1. The van der Waals surface area contributed by atoms with Gasteiger partial charge in [0.1, 0.15) is 30.5 Å². The minimum absolute atomic E-state index is 0.127. The van der Waals surface area contributed by atoms with Gasteiger partial charge in [0.2, 0.25) is 0 Å². The molecule has 1 fully saturated rings. The number of hydrogen-bond donors (Lipinski definition) is 4. The molecule has 0 spiro atoms. The SMILES string of the molecule is CC/C=C\C/C=C\C/C=C\C/C=C\C/C=C\CCCCCCCCOCC(COC1OC(CO)C(O)C(O)C1O)OC(=O)CCCCCCCCCCCC/C=C\C/C=C\C/C=C\CCCCCCC. The summed E-state index contributed by atoms with van der Waals surface area (Å²) in [5.74, 6) is -0.326. The van der Waals surface area contributed by atoms with Gasteiger partial charge in [-0.15, -0.1) is 0 Å². The zero-order valence-electron chi connectivity index (χ0n) is 44.5.